The second-order valence-corrected chi connectivity index (χ2v) is 6.14. The fraction of sp³-hybridized carbons (Fsp3) is 0.688. The lowest BCUT2D eigenvalue weighted by molar-refractivity contribution is 0.245. The maximum atomic E-state index is 4.53. The third-order valence-electron chi connectivity index (χ3n) is 3.81. The summed E-state index contributed by atoms with van der Waals surface area (Å²) in [4.78, 5) is 7.08. The summed E-state index contributed by atoms with van der Waals surface area (Å²) in [6.45, 7) is 11.2. The second kappa shape index (κ2) is 7.01. The first-order valence-corrected chi connectivity index (χ1v) is 7.51. The van der Waals surface area contributed by atoms with E-state index >= 15 is 0 Å². The maximum Gasteiger partial charge on any atom is 0.0573 e. The van der Waals surface area contributed by atoms with Crippen LogP contribution in [-0.4, -0.2) is 35.6 Å². The zero-order valence-electron chi connectivity index (χ0n) is 12.5. The van der Waals surface area contributed by atoms with E-state index in [-0.39, 0.29) is 0 Å². The first-order valence-electron chi connectivity index (χ1n) is 7.51. The van der Waals surface area contributed by atoms with Gasteiger partial charge in [0.2, 0.25) is 0 Å². The molecule has 3 nitrogen and oxygen atoms in total. The van der Waals surface area contributed by atoms with Gasteiger partial charge in [-0.25, -0.2) is 0 Å². The molecule has 1 saturated heterocycles. The summed E-state index contributed by atoms with van der Waals surface area (Å²) in [6.07, 6.45) is 4.40. The van der Waals surface area contributed by atoms with E-state index in [1.54, 1.807) is 0 Å². The molecule has 3 heteroatoms. The number of aryl methyl sites for hydroxylation is 1. The maximum absolute atomic E-state index is 4.53. The van der Waals surface area contributed by atoms with Crippen LogP contribution in [0.5, 0.6) is 0 Å². The molecule has 2 heterocycles. The topological polar surface area (TPSA) is 28.2 Å². The van der Waals surface area contributed by atoms with Crippen molar-refractivity contribution in [3.8, 4) is 0 Å². The summed E-state index contributed by atoms with van der Waals surface area (Å²) in [7, 11) is 0. The zero-order chi connectivity index (χ0) is 13.7. The van der Waals surface area contributed by atoms with Crippen LogP contribution < -0.4 is 5.32 Å². The van der Waals surface area contributed by atoms with Crippen molar-refractivity contribution in [3.05, 3.63) is 29.6 Å². The average Bonchev–Trinajstić information content (AvgIpc) is 2.57. The van der Waals surface area contributed by atoms with Crippen molar-refractivity contribution in [2.45, 2.75) is 46.2 Å². The number of aromatic nitrogens is 1. The van der Waals surface area contributed by atoms with Crippen molar-refractivity contribution in [2.75, 3.05) is 19.6 Å². The molecule has 1 N–H and O–H groups in total. The van der Waals surface area contributed by atoms with Crippen molar-refractivity contribution >= 4 is 0 Å². The van der Waals surface area contributed by atoms with Crippen molar-refractivity contribution in [3.63, 3.8) is 0 Å². The van der Waals surface area contributed by atoms with Crippen LogP contribution in [0, 0.1) is 12.8 Å². The minimum atomic E-state index is 0.631. The summed E-state index contributed by atoms with van der Waals surface area (Å²) in [5.74, 6) is 0.758. The lowest BCUT2D eigenvalue weighted by atomic mass is 10.0. The number of nitrogens with one attached hydrogen (secondary N) is 1. The van der Waals surface area contributed by atoms with E-state index < -0.39 is 0 Å². The van der Waals surface area contributed by atoms with Gasteiger partial charge in [0.1, 0.15) is 0 Å². The van der Waals surface area contributed by atoms with Gasteiger partial charge in [0, 0.05) is 25.3 Å². The molecule has 0 radical (unpaired) electrons. The first-order chi connectivity index (χ1) is 9.15. The van der Waals surface area contributed by atoms with Crippen molar-refractivity contribution in [2.24, 2.45) is 5.92 Å². The highest BCUT2D eigenvalue weighted by atomic mass is 15.2. The van der Waals surface area contributed by atoms with Crippen LogP contribution in [0.4, 0.5) is 0 Å². The van der Waals surface area contributed by atoms with E-state index in [1.165, 1.54) is 30.6 Å². The average molecular weight is 261 g/mol. The van der Waals surface area contributed by atoms with Gasteiger partial charge < -0.3 is 5.32 Å². The van der Waals surface area contributed by atoms with E-state index in [2.05, 4.69) is 42.0 Å². The standard InChI is InChI=1S/C16H27N3/c1-13(2)10-15-11-19(9-5-8-17-15)12-16-14(3)6-4-7-18-16/h4,6-7,13,15,17H,5,8-12H2,1-3H3. The van der Waals surface area contributed by atoms with Crippen molar-refractivity contribution in [1.82, 2.24) is 15.2 Å². The van der Waals surface area contributed by atoms with Gasteiger partial charge >= 0.3 is 0 Å². The number of nitrogens with zero attached hydrogens (tertiary/aromatic N) is 2. The Kier molecular flexibility index (Phi) is 5.34. The summed E-state index contributed by atoms with van der Waals surface area (Å²) < 4.78 is 0. The Bertz CT molecular complexity index is 389. The van der Waals surface area contributed by atoms with Crippen LogP contribution in [-0.2, 0) is 6.54 Å². The molecule has 19 heavy (non-hydrogen) atoms. The predicted octanol–water partition coefficient (Wildman–Crippen LogP) is 2.60. The molecule has 106 valence electrons. The molecule has 0 spiro atoms. The zero-order valence-corrected chi connectivity index (χ0v) is 12.5. The SMILES string of the molecule is Cc1cccnc1CN1CCCNC(CC(C)C)C1. The molecule has 2 rings (SSSR count). The van der Waals surface area contributed by atoms with Crippen LogP contribution in [0.1, 0.15) is 37.9 Å². The fourth-order valence-corrected chi connectivity index (χ4v) is 2.84. The van der Waals surface area contributed by atoms with E-state index in [4.69, 9.17) is 0 Å². The summed E-state index contributed by atoms with van der Waals surface area (Å²) in [5, 5.41) is 3.68. The molecule has 0 aromatic carbocycles. The molecule has 1 aromatic rings. The van der Waals surface area contributed by atoms with Crippen molar-refractivity contribution in [1.29, 1.82) is 0 Å². The van der Waals surface area contributed by atoms with Gasteiger partial charge in [0.15, 0.2) is 0 Å². The largest absolute Gasteiger partial charge is 0.313 e. The Labute approximate surface area is 117 Å². The van der Waals surface area contributed by atoms with Crippen LogP contribution in [0.25, 0.3) is 0 Å². The van der Waals surface area contributed by atoms with Gasteiger partial charge in [0.05, 0.1) is 5.69 Å². The van der Waals surface area contributed by atoms with E-state index in [0.29, 0.717) is 6.04 Å². The lowest BCUT2D eigenvalue weighted by Gasteiger charge is -2.25. The summed E-state index contributed by atoms with van der Waals surface area (Å²) >= 11 is 0. The molecule has 0 saturated carbocycles. The minimum absolute atomic E-state index is 0.631. The quantitative estimate of drug-likeness (QED) is 0.903. The fourth-order valence-electron chi connectivity index (χ4n) is 2.84. The van der Waals surface area contributed by atoms with Crippen LogP contribution >= 0.6 is 0 Å². The van der Waals surface area contributed by atoms with Crippen LogP contribution in [0.3, 0.4) is 0 Å². The smallest absolute Gasteiger partial charge is 0.0573 e. The van der Waals surface area contributed by atoms with Gasteiger partial charge in [0.25, 0.3) is 0 Å². The highest BCUT2D eigenvalue weighted by molar-refractivity contribution is 5.17. The third-order valence-corrected chi connectivity index (χ3v) is 3.81. The molecule has 0 amide bonds. The Hall–Kier alpha value is -0.930. The first kappa shape index (κ1) is 14.5. The minimum Gasteiger partial charge on any atom is -0.313 e. The van der Waals surface area contributed by atoms with E-state index in [0.717, 1.165) is 25.6 Å². The highest BCUT2D eigenvalue weighted by Crippen LogP contribution is 2.13. The molecule has 1 atom stereocenters. The van der Waals surface area contributed by atoms with Gasteiger partial charge in [-0.2, -0.15) is 0 Å². The second-order valence-electron chi connectivity index (χ2n) is 6.14. The molecule has 1 unspecified atom stereocenters. The molecule has 1 fully saturated rings. The highest BCUT2D eigenvalue weighted by Gasteiger charge is 2.19. The van der Waals surface area contributed by atoms with E-state index in [9.17, 15) is 0 Å². The van der Waals surface area contributed by atoms with E-state index in [1.807, 2.05) is 12.3 Å². The third kappa shape index (κ3) is 4.59. The number of hydrogen-bond donors (Lipinski definition) is 1. The Balaban J connectivity index is 1.97. The van der Waals surface area contributed by atoms with Crippen molar-refractivity contribution < 1.29 is 0 Å². The summed E-state index contributed by atoms with van der Waals surface area (Å²) in [6, 6.07) is 4.81. The molecule has 1 aliphatic rings. The van der Waals surface area contributed by atoms with Crippen LogP contribution in [0.15, 0.2) is 18.3 Å². The Morgan fingerprint density at radius 3 is 3.05 bits per heavy atom. The van der Waals surface area contributed by atoms with Gasteiger partial charge in [-0.1, -0.05) is 19.9 Å². The lowest BCUT2D eigenvalue weighted by Crippen LogP contribution is -2.38. The molecular weight excluding hydrogens is 234 g/mol. The number of pyridine rings is 1. The van der Waals surface area contributed by atoms with Gasteiger partial charge in [-0.15, -0.1) is 0 Å². The molecule has 0 aliphatic carbocycles. The Morgan fingerprint density at radius 1 is 1.47 bits per heavy atom. The normalized spacial score (nSPS) is 21.6. The predicted molar refractivity (Wildman–Crippen MR) is 80.1 cm³/mol. The van der Waals surface area contributed by atoms with Gasteiger partial charge in [-0.3, -0.25) is 9.88 Å². The molecular formula is C16H27N3. The van der Waals surface area contributed by atoms with Crippen LogP contribution in [0.2, 0.25) is 0 Å². The molecule has 0 bridgehead atoms. The Morgan fingerprint density at radius 2 is 2.32 bits per heavy atom. The van der Waals surface area contributed by atoms with Gasteiger partial charge in [-0.05, 0) is 50.4 Å². The number of hydrogen-bond acceptors (Lipinski definition) is 3. The molecule has 1 aromatic heterocycles. The monoisotopic (exact) mass is 261 g/mol. The summed E-state index contributed by atoms with van der Waals surface area (Å²) in [5.41, 5.74) is 2.54. The number of rotatable bonds is 4. The molecule has 1 aliphatic heterocycles.